The topological polar surface area (TPSA) is 43.2 Å². The van der Waals surface area contributed by atoms with E-state index in [1.165, 1.54) is 0 Å². The lowest BCUT2D eigenvalue weighted by molar-refractivity contribution is 0.250. The smallest absolute Gasteiger partial charge is 0.205 e. The maximum atomic E-state index is 5.13. The molecule has 0 rings (SSSR count). The molecule has 0 amide bonds. The van der Waals surface area contributed by atoms with Gasteiger partial charge in [-0.2, -0.15) is 0 Å². The van der Waals surface area contributed by atoms with Crippen LogP contribution in [-0.2, 0) is 9.47 Å². The fourth-order valence-corrected chi connectivity index (χ4v) is 0.521. The van der Waals surface area contributed by atoms with Crippen LogP contribution >= 0.6 is 0 Å². The minimum absolute atomic E-state index is 0.503. The normalized spacial score (nSPS) is 12.6. The van der Waals surface area contributed by atoms with Crippen LogP contribution in [0.1, 0.15) is 20.8 Å². The number of methoxy groups -OCH3 is 1. The van der Waals surface area contributed by atoms with E-state index < -0.39 is 0 Å². The average molecular weight is 184 g/mol. The highest BCUT2D eigenvalue weighted by Crippen LogP contribution is 1.97. The maximum absolute atomic E-state index is 5.13. The summed E-state index contributed by atoms with van der Waals surface area (Å²) in [6, 6.07) is 0. The summed E-state index contributed by atoms with van der Waals surface area (Å²) in [7, 11) is 1.54. The van der Waals surface area contributed by atoms with Crippen LogP contribution in [-0.4, -0.2) is 25.3 Å². The molecule has 4 nitrogen and oxygen atoms in total. The van der Waals surface area contributed by atoms with E-state index >= 15 is 0 Å². The van der Waals surface area contributed by atoms with Gasteiger partial charge in [0, 0.05) is 6.92 Å². The molecule has 0 bridgehead atoms. The lowest BCUT2D eigenvalue weighted by Crippen LogP contribution is -2.01. The van der Waals surface area contributed by atoms with Crippen LogP contribution in [0.5, 0.6) is 0 Å². The van der Waals surface area contributed by atoms with Crippen LogP contribution in [0.3, 0.4) is 0 Å². The van der Waals surface area contributed by atoms with Crippen LogP contribution in [0.15, 0.2) is 22.5 Å². The Bertz CT molecular complexity index is 232. The van der Waals surface area contributed by atoms with Gasteiger partial charge in [0.15, 0.2) is 0 Å². The molecule has 0 heterocycles. The molecule has 4 heteroatoms. The SMILES string of the molecule is C=C(OCC)C(C)=NN=C(C)OC. The van der Waals surface area contributed by atoms with Gasteiger partial charge in [0.2, 0.25) is 5.90 Å². The highest BCUT2D eigenvalue weighted by Gasteiger charge is 1.97. The molecular formula is C9H16N2O2. The molecule has 0 aromatic heterocycles. The fraction of sp³-hybridized carbons (Fsp3) is 0.556. The quantitative estimate of drug-likeness (QED) is 0.290. The third-order valence-corrected chi connectivity index (χ3v) is 1.36. The van der Waals surface area contributed by atoms with Gasteiger partial charge in [-0.05, 0) is 13.8 Å². The van der Waals surface area contributed by atoms with Crippen molar-refractivity contribution in [3.63, 3.8) is 0 Å². The van der Waals surface area contributed by atoms with Gasteiger partial charge in [0.05, 0.1) is 13.7 Å². The summed E-state index contributed by atoms with van der Waals surface area (Å²) in [5.41, 5.74) is 0.651. The highest BCUT2D eigenvalue weighted by atomic mass is 16.5. The summed E-state index contributed by atoms with van der Waals surface area (Å²) in [5.74, 6) is 1.04. The van der Waals surface area contributed by atoms with E-state index in [0.717, 1.165) is 0 Å². The molecule has 0 spiro atoms. The highest BCUT2D eigenvalue weighted by molar-refractivity contribution is 5.96. The van der Waals surface area contributed by atoms with Crippen LogP contribution in [0.2, 0.25) is 0 Å². The van der Waals surface area contributed by atoms with Crippen LogP contribution in [0, 0.1) is 0 Å². The van der Waals surface area contributed by atoms with Crippen molar-refractivity contribution in [2.75, 3.05) is 13.7 Å². The number of rotatable bonds is 4. The first-order valence-corrected chi connectivity index (χ1v) is 4.06. The maximum Gasteiger partial charge on any atom is 0.205 e. The van der Waals surface area contributed by atoms with E-state index in [0.29, 0.717) is 24.0 Å². The molecule has 0 N–H and O–H groups in total. The average Bonchev–Trinajstić information content (AvgIpc) is 2.13. The third-order valence-electron chi connectivity index (χ3n) is 1.36. The molecule has 0 saturated carbocycles. The van der Waals surface area contributed by atoms with Gasteiger partial charge in [0.25, 0.3) is 0 Å². The Morgan fingerprint density at radius 2 is 1.92 bits per heavy atom. The Hall–Kier alpha value is -1.32. The summed E-state index contributed by atoms with van der Waals surface area (Å²) in [6.07, 6.45) is 0. The molecule has 0 atom stereocenters. The number of allylic oxidation sites excluding steroid dienone is 1. The number of hydrogen-bond acceptors (Lipinski definition) is 4. The summed E-state index contributed by atoms with van der Waals surface area (Å²) in [6.45, 7) is 9.66. The second-order valence-corrected chi connectivity index (χ2v) is 2.36. The first-order valence-electron chi connectivity index (χ1n) is 4.06. The molecule has 0 radical (unpaired) electrons. The van der Waals surface area contributed by atoms with Gasteiger partial charge in [-0.15, -0.1) is 10.2 Å². The van der Waals surface area contributed by atoms with Crippen LogP contribution in [0.25, 0.3) is 0 Å². The minimum atomic E-state index is 0.503. The van der Waals surface area contributed by atoms with E-state index in [1.807, 2.05) is 6.92 Å². The molecular weight excluding hydrogens is 168 g/mol. The van der Waals surface area contributed by atoms with Crippen molar-refractivity contribution in [2.24, 2.45) is 10.2 Å². The second kappa shape index (κ2) is 6.22. The predicted molar refractivity (Wildman–Crippen MR) is 54.0 cm³/mol. The van der Waals surface area contributed by atoms with E-state index in [2.05, 4.69) is 16.8 Å². The van der Waals surface area contributed by atoms with Gasteiger partial charge in [0.1, 0.15) is 11.5 Å². The molecule has 74 valence electrons. The van der Waals surface area contributed by atoms with Crippen molar-refractivity contribution in [3.8, 4) is 0 Å². The molecule has 13 heavy (non-hydrogen) atoms. The van der Waals surface area contributed by atoms with Gasteiger partial charge >= 0.3 is 0 Å². The zero-order valence-corrected chi connectivity index (χ0v) is 8.63. The molecule has 0 aliphatic heterocycles. The lowest BCUT2D eigenvalue weighted by Gasteiger charge is -2.03. The molecule has 0 aromatic carbocycles. The second-order valence-electron chi connectivity index (χ2n) is 2.36. The van der Waals surface area contributed by atoms with Crippen molar-refractivity contribution in [2.45, 2.75) is 20.8 Å². The van der Waals surface area contributed by atoms with Gasteiger partial charge in [-0.3, -0.25) is 0 Å². The first-order chi connectivity index (χ1) is 6.11. The summed E-state index contributed by atoms with van der Waals surface area (Å²) in [4.78, 5) is 0. The van der Waals surface area contributed by atoms with Crippen molar-refractivity contribution < 1.29 is 9.47 Å². The summed E-state index contributed by atoms with van der Waals surface area (Å²) >= 11 is 0. The Kier molecular flexibility index (Phi) is 5.59. The van der Waals surface area contributed by atoms with E-state index in [4.69, 9.17) is 9.47 Å². The lowest BCUT2D eigenvalue weighted by atomic mass is 10.4. The largest absolute Gasteiger partial charge is 0.493 e. The van der Waals surface area contributed by atoms with E-state index in [-0.39, 0.29) is 0 Å². The third kappa shape index (κ3) is 5.00. The van der Waals surface area contributed by atoms with Crippen molar-refractivity contribution in [1.29, 1.82) is 0 Å². The van der Waals surface area contributed by atoms with Gasteiger partial charge < -0.3 is 9.47 Å². The molecule has 0 aliphatic carbocycles. The number of hydrogen-bond donors (Lipinski definition) is 0. The Balaban J connectivity index is 4.24. The van der Waals surface area contributed by atoms with Crippen LogP contribution < -0.4 is 0 Å². The zero-order valence-electron chi connectivity index (χ0n) is 8.63. The standard InChI is InChI=1S/C9H16N2O2/c1-6-13-8(3)7(2)10-11-9(4)12-5/h3,6H2,1-2,4-5H3. The minimum Gasteiger partial charge on any atom is -0.493 e. The predicted octanol–water partition coefficient (Wildman–Crippen LogP) is 1.98. The molecule has 0 unspecified atom stereocenters. The summed E-state index contributed by atoms with van der Waals surface area (Å²) in [5, 5.41) is 7.66. The van der Waals surface area contributed by atoms with Gasteiger partial charge in [-0.1, -0.05) is 6.58 Å². The Labute approximate surface area is 79.0 Å². The number of ether oxygens (including phenoxy) is 2. The van der Waals surface area contributed by atoms with Crippen molar-refractivity contribution in [1.82, 2.24) is 0 Å². The van der Waals surface area contributed by atoms with Gasteiger partial charge in [-0.25, -0.2) is 0 Å². The Morgan fingerprint density at radius 1 is 1.31 bits per heavy atom. The van der Waals surface area contributed by atoms with Crippen molar-refractivity contribution >= 4 is 11.6 Å². The monoisotopic (exact) mass is 184 g/mol. The fourth-order valence-electron chi connectivity index (χ4n) is 0.521. The molecule has 0 saturated heterocycles. The van der Waals surface area contributed by atoms with E-state index in [9.17, 15) is 0 Å². The molecule has 0 aromatic rings. The van der Waals surface area contributed by atoms with Crippen molar-refractivity contribution in [3.05, 3.63) is 12.3 Å². The van der Waals surface area contributed by atoms with E-state index in [1.54, 1.807) is 21.0 Å². The zero-order chi connectivity index (χ0) is 10.3. The van der Waals surface area contributed by atoms with Crippen LogP contribution in [0.4, 0.5) is 0 Å². The molecule has 0 aliphatic rings. The first kappa shape index (κ1) is 11.7. The molecule has 0 fully saturated rings. The Morgan fingerprint density at radius 3 is 2.38 bits per heavy atom. The summed E-state index contributed by atoms with van der Waals surface area (Å²) < 4.78 is 9.95. The number of nitrogens with zero attached hydrogens (tertiary/aromatic N) is 2.